The number of hydroxylamine groups is 2. The summed E-state index contributed by atoms with van der Waals surface area (Å²) in [5, 5.41) is 11.2. The van der Waals surface area contributed by atoms with Crippen LogP contribution in [0.2, 0.25) is 0 Å². The highest BCUT2D eigenvalue weighted by atomic mass is 19.3. The Bertz CT molecular complexity index is 864. The lowest BCUT2D eigenvalue weighted by Gasteiger charge is -2.25. The maximum absolute atomic E-state index is 14.9. The minimum Gasteiger partial charge on any atom is -0.442 e. The number of ether oxygens (including phenoxy) is 1. The van der Waals surface area contributed by atoms with Gasteiger partial charge in [-0.1, -0.05) is 6.92 Å². The molecule has 0 aliphatic carbocycles. The molecule has 1 atom stereocenters. The van der Waals surface area contributed by atoms with Crippen LogP contribution in [0.1, 0.15) is 13.3 Å². The van der Waals surface area contributed by atoms with Gasteiger partial charge >= 0.3 is 12.5 Å². The number of alkyl halides is 2. The Morgan fingerprint density at radius 2 is 1.94 bits per heavy atom. The SMILES string of the molecule is CCC(=N)N1CCN(c2c(F)cc(N3C[C@H](CNC(=O)C(F)F)OC3=O)cc2F)CCO1. The molecule has 2 N–H and O–H groups in total. The van der Waals surface area contributed by atoms with E-state index in [2.05, 4.69) is 0 Å². The molecule has 2 heterocycles. The van der Waals surface area contributed by atoms with Crippen LogP contribution in [0.3, 0.4) is 0 Å². The highest BCUT2D eigenvalue weighted by molar-refractivity contribution is 5.90. The summed E-state index contributed by atoms with van der Waals surface area (Å²) >= 11 is 0. The number of carbonyl (C=O) groups excluding carboxylic acids is 2. The summed E-state index contributed by atoms with van der Waals surface area (Å²) in [6, 6.07) is 1.97. The molecule has 3 rings (SSSR count). The van der Waals surface area contributed by atoms with E-state index in [9.17, 15) is 27.2 Å². The van der Waals surface area contributed by atoms with Gasteiger partial charge in [-0.05, 0) is 0 Å². The second kappa shape index (κ2) is 10.0. The predicted molar refractivity (Wildman–Crippen MR) is 106 cm³/mol. The molecule has 176 valence electrons. The number of nitrogens with one attached hydrogen (secondary N) is 2. The third-order valence-electron chi connectivity index (χ3n) is 5.02. The summed E-state index contributed by atoms with van der Waals surface area (Å²) in [5.74, 6) is -3.05. The van der Waals surface area contributed by atoms with Gasteiger partial charge in [-0.2, -0.15) is 8.78 Å². The zero-order valence-corrected chi connectivity index (χ0v) is 17.2. The molecule has 2 fully saturated rings. The van der Waals surface area contributed by atoms with Crippen molar-refractivity contribution in [3.05, 3.63) is 23.8 Å². The topological polar surface area (TPSA) is 98.2 Å². The molecule has 0 unspecified atom stereocenters. The van der Waals surface area contributed by atoms with E-state index in [1.165, 1.54) is 9.96 Å². The maximum atomic E-state index is 14.9. The largest absolute Gasteiger partial charge is 0.442 e. The first-order valence-corrected chi connectivity index (χ1v) is 9.97. The van der Waals surface area contributed by atoms with Gasteiger partial charge in [-0.15, -0.1) is 0 Å². The summed E-state index contributed by atoms with van der Waals surface area (Å²) in [5.41, 5.74) is -0.382. The quantitative estimate of drug-likeness (QED) is 0.383. The van der Waals surface area contributed by atoms with Crippen molar-refractivity contribution >= 4 is 29.2 Å². The smallest absolute Gasteiger partial charge is 0.414 e. The summed E-state index contributed by atoms with van der Waals surface area (Å²) < 4.78 is 59.3. The number of anilines is 2. The van der Waals surface area contributed by atoms with Crippen LogP contribution in [0, 0.1) is 17.0 Å². The lowest BCUT2D eigenvalue weighted by atomic mass is 10.2. The second-order valence-electron chi connectivity index (χ2n) is 7.14. The number of carbonyl (C=O) groups is 2. The van der Waals surface area contributed by atoms with E-state index in [0.717, 1.165) is 17.0 Å². The highest BCUT2D eigenvalue weighted by Gasteiger charge is 2.34. The Kier molecular flexibility index (Phi) is 7.38. The standard InChI is InChI=1S/C19H23F4N5O4/c1-2-15(24)28-4-3-26(5-6-31-28)16-13(20)7-11(8-14(16)21)27-10-12(32-19(27)30)9-25-18(29)17(22)23/h7-8,12,17,24H,2-6,9-10H2,1H3,(H,25,29)/t12-/m0/s1. The van der Waals surface area contributed by atoms with Gasteiger partial charge in [0.05, 0.1) is 31.9 Å². The lowest BCUT2D eigenvalue weighted by Crippen LogP contribution is -2.37. The van der Waals surface area contributed by atoms with E-state index in [-0.39, 0.29) is 56.5 Å². The zero-order chi connectivity index (χ0) is 23.4. The van der Waals surface area contributed by atoms with Crippen molar-refractivity contribution in [1.29, 1.82) is 5.41 Å². The zero-order valence-electron chi connectivity index (χ0n) is 17.2. The van der Waals surface area contributed by atoms with Crippen molar-refractivity contribution in [1.82, 2.24) is 10.4 Å². The van der Waals surface area contributed by atoms with E-state index in [4.69, 9.17) is 15.0 Å². The average molecular weight is 461 g/mol. The number of benzene rings is 1. The predicted octanol–water partition coefficient (Wildman–Crippen LogP) is 2.11. The normalized spacial score (nSPS) is 19.2. The first-order chi connectivity index (χ1) is 15.2. The fourth-order valence-electron chi connectivity index (χ4n) is 3.40. The summed E-state index contributed by atoms with van der Waals surface area (Å²) in [4.78, 5) is 30.9. The molecule has 13 heteroatoms. The average Bonchev–Trinajstić information content (AvgIpc) is 2.95. The summed E-state index contributed by atoms with van der Waals surface area (Å²) in [6.45, 7) is 2.06. The number of amidine groups is 1. The molecule has 0 radical (unpaired) electrons. The number of halogens is 4. The Labute approximate surface area is 181 Å². The molecule has 0 aromatic heterocycles. The van der Waals surface area contributed by atoms with Crippen molar-refractivity contribution in [3.63, 3.8) is 0 Å². The molecule has 9 nitrogen and oxygen atoms in total. The minimum atomic E-state index is -3.21. The minimum absolute atomic E-state index is 0.100. The van der Waals surface area contributed by atoms with Crippen LogP contribution in [-0.4, -0.2) is 74.8 Å². The van der Waals surface area contributed by atoms with E-state index >= 15 is 0 Å². The Hall–Kier alpha value is -3.09. The fraction of sp³-hybridized carbons (Fsp3) is 0.526. The van der Waals surface area contributed by atoms with Crippen LogP contribution < -0.4 is 15.1 Å². The van der Waals surface area contributed by atoms with Crippen LogP contribution in [0.15, 0.2) is 12.1 Å². The number of hydrogen-bond acceptors (Lipinski definition) is 6. The van der Waals surface area contributed by atoms with Crippen LogP contribution in [-0.2, 0) is 14.4 Å². The van der Waals surface area contributed by atoms with Gasteiger partial charge in [-0.3, -0.25) is 19.9 Å². The van der Waals surface area contributed by atoms with Crippen molar-refractivity contribution in [2.24, 2.45) is 0 Å². The molecule has 0 bridgehead atoms. The second-order valence-corrected chi connectivity index (χ2v) is 7.14. The van der Waals surface area contributed by atoms with Crippen LogP contribution in [0.4, 0.5) is 33.7 Å². The van der Waals surface area contributed by atoms with Crippen molar-refractivity contribution in [2.45, 2.75) is 25.9 Å². The van der Waals surface area contributed by atoms with E-state index < -0.39 is 36.2 Å². The molecule has 0 spiro atoms. The van der Waals surface area contributed by atoms with Crippen LogP contribution in [0.5, 0.6) is 0 Å². The Morgan fingerprint density at radius 1 is 1.25 bits per heavy atom. The van der Waals surface area contributed by atoms with Gasteiger partial charge in [0.1, 0.15) is 17.6 Å². The van der Waals surface area contributed by atoms with E-state index in [1.54, 1.807) is 6.92 Å². The Morgan fingerprint density at radius 3 is 2.56 bits per heavy atom. The first kappa shape index (κ1) is 23.6. The van der Waals surface area contributed by atoms with Crippen molar-refractivity contribution in [3.8, 4) is 0 Å². The number of amides is 2. The van der Waals surface area contributed by atoms with Gasteiger partial charge in [-0.25, -0.2) is 18.6 Å². The summed E-state index contributed by atoms with van der Waals surface area (Å²) in [6.07, 6.45) is -4.61. The van der Waals surface area contributed by atoms with Crippen LogP contribution >= 0.6 is 0 Å². The molecule has 2 aliphatic rings. The third kappa shape index (κ3) is 5.21. The summed E-state index contributed by atoms with van der Waals surface area (Å²) in [7, 11) is 0. The lowest BCUT2D eigenvalue weighted by molar-refractivity contribution is -0.132. The van der Waals surface area contributed by atoms with Crippen molar-refractivity contribution in [2.75, 3.05) is 49.1 Å². The van der Waals surface area contributed by atoms with Gasteiger partial charge in [0.2, 0.25) is 0 Å². The van der Waals surface area contributed by atoms with Gasteiger partial charge in [0.25, 0.3) is 5.91 Å². The number of nitrogens with zero attached hydrogens (tertiary/aromatic N) is 3. The van der Waals surface area contributed by atoms with E-state index in [0.29, 0.717) is 6.42 Å². The van der Waals surface area contributed by atoms with Gasteiger partial charge < -0.3 is 15.0 Å². The molecular weight excluding hydrogens is 438 g/mol. The number of cyclic esters (lactones) is 1. The fourth-order valence-corrected chi connectivity index (χ4v) is 3.40. The van der Waals surface area contributed by atoms with Crippen molar-refractivity contribution < 1.29 is 36.7 Å². The van der Waals surface area contributed by atoms with Gasteiger partial charge in [0.15, 0.2) is 11.6 Å². The Balaban J connectivity index is 1.70. The molecule has 0 saturated carbocycles. The van der Waals surface area contributed by atoms with Crippen LogP contribution in [0.25, 0.3) is 0 Å². The maximum Gasteiger partial charge on any atom is 0.414 e. The number of hydrogen-bond donors (Lipinski definition) is 2. The molecule has 1 aromatic carbocycles. The van der Waals surface area contributed by atoms with E-state index in [1.807, 2.05) is 5.32 Å². The highest BCUT2D eigenvalue weighted by Crippen LogP contribution is 2.31. The molecule has 2 aliphatic heterocycles. The molecule has 1 aromatic rings. The molecule has 2 saturated heterocycles. The molecule has 2 amide bonds. The molecular formula is C19H23F4N5O4. The van der Waals surface area contributed by atoms with Gasteiger partial charge in [0, 0.05) is 31.6 Å². The first-order valence-electron chi connectivity index (χ1n) is 9.97. The number of rotatable bonds is 6. The third-order valence-corrected chi connectivity index (χ3v) is 5.02. The molecule has 32 heavy (non-hydrogen) atoms. The monoisotopic (exact) mass is 461 g/mol.